The molecule has 0 N–H and O–H groups in total. The van der Waals surface area contributed by atoms with Gasteiger partial charge in [0.1, 0.15) is 10.8 Å². The van der Waals surface area contributed by atoms with Crippen molar-refractivity contribution in [3.63, 3.8) is 0 Å². The van der Waals surface area contributed by atoms with Crippen molar-refractivity contribution >= 4 is 23.3 Å². The molecule has 1 aliphatic heterocycles. The average Bonchev–Trinajstić information content (AvgIpc) is 2.55. The molecular weight excluding hydrogens is 278 g/mol. The summed E-state index contributed by atoms with van der Waals surface area (Å²) in [4.78, 5) is 12.5. The van der Waals surface area contributed by atoms with Crippen LogP contribution in [0.3, 0.4) is 0 Å². The molecule has 102 valence electrons. The van der Waals surface area contributed by atoms with E-state index in [1.807, 2.05) is 30.6 Å². The van der Waals surface area contributed by atoms with Gasteiger partial charge >= 0.3 is 0 Å². The van der Waals surface area contributed by atoms with Crippen LogP contribution in [-0.2, 0) is 6.54 Å². The molecule has 0 bridgehead atoms. The molecule has 0 saturated carbocycles. The predicted molar refractivity (Wildman–Crippen MR) is 84.9 cm³/mol. The highest BCUT2D eigenvalue weighted by Crippen LogP contribution is 2.46. The molecule has 0 fully saturated rings. The van der Waals surface area contributed by atoms with E-state index < -0.39 is 0 Å². The zero-order chi connectivity index (χ0) is 14.1. The molecule has 0 aliphatic carbocycles. The maximum atomic E-state index is 4.57. The van der Waals surface area contributed by atoms with Crippen molar-refractivity contribution in [2.75, 3.05) is 4.90 Å². The van der Waals surface area contributed by atoms with Crippen molar-refractivity contribution in [1.29, 1.82) is 0 Å². The lowest BCUT2D eigenvalue weighted by molar-refractivity contribution is 0.888. The number of hydrogen-bond donors (Lipinski definition) is 0. The molecule has 4 heteroatoms. The van der Waals surface area contributed by atoms with E-state index in [0.29, 0.717) is 0 Å². The number of fused-ring (bicyclic) bond motifs is 2. The van der Waals surface area contributed by atoms with Crippen LogP contribution in [0.15, 0.2) is 76.9 Å². The molecule has 4 rings (SSSR count). The first kappa shape index (κ1) is 12.4. The second-order valence-corrected chi connectivity index (χ2v) is 5.86. The molecule has 21 heavy (non-hydrogen) atoms. The number of rotatable bonds is 2. The maximum Gasteiger partial charge on any atom is 0.147 e. The molecule has 2 aromatic heterocycles. The zero-order valence-electron chi connectivity index (χ0n) is 11.3. The first-order valence-electron chi connectivity index (χ1n) is 6.81. The fraction of sp³-hybridized carbons (Fsp3) is 0.0588. The quantitative estimate of drug-likeness (QED) is 0.704. The van der Waals surface area contributed by atoms with Crippen molar-refractivity contribution in [2.45, 2.75) is 16.5 Å². The third kappa shape index (κ3) is 2.28. The molecule has 1 aromatic carbocycles. The first-order chi connectivity index (χ1) is 10.4. The standard InChI is InChI=1S/C17H13N3S/c1-2-6-13(7-3-1)12-20-14-8-4-11-19-17(14)21-15-9-5-10-18-16(15)20/h1-11H,12H2. The monoisotopic (exact) mass is 291 g/mol. The number of nitrogens with zero attached hydrogens (tertiary/aromatic N) is 3. The number of aromatic nitrogens is 2. The number of anilines is 2. The fourth-order valence-electron chi connectivity index (χ4n) is 2.48. The van der Waals surface area contributed by atoms with Crippen LogP contribution >= 0.6 is 11.8 Å². The summed E-state index contributed by atoms with van der Waals surface area (Å²) in [5.41, 5.74) is 2.38. The summed E-state index contributed by atoms with van der Waals surface area (Å²) in [6.45, 7) is 0.796. The number of pyridine rings is 2. The van der Waals surface area contributed by atoms with Crippen molar-refractivity contribution < 1.29 is 0 Å². The van der Waals surface area contributed by atoms with E-state index in [1.165, 1.54) is 5.56 Å². The minimum absolute atomic E-state index is 0.796. The fourth-order valence-corrected chi connectivity index (χ4v) is 3.48. The van der Waals surface area contributed by atoms with Crippen LogP contribution in [0.2, 0.25) is 0 Å². The molecule has 1 aliphatic rings. The number of benzene rings is 1. The van der Waals surface area contributed by atoms with Gasteiger partial charge in [0.05, 0.1) is 10.6 Å². The highest BCUT2D eigenvalue weighted by molar-refractivity contribution is 7.99. The average molecular weight is 291 g/mol. The van der Waals surface area contributed by atoms with Gasteiger partial charge in [0.15, 0.2) is 0 Å². The molecule has 3 nitrogen and oxygen atoms in total. The lowest BCUT2D eigenvalue weighted by Crippen LogP contribution is -2.21. The minimum atomic E-state index is 0.796. The van der Waals surface area contributed by atoms with Crippen LogP contribution in [0.5, 0.6) is 0 Å². The third-order valence-electron chi connectivity index (χ3n) is 3.44. The molecule has 0 spiro atoms. The second-order valence-electron chi connectivity index (χ2n) is 4.83. The Morgan fingerprint density at radius 1 is 0.857 bits per heavy atom. The molecule has 3 aromatic rings. The summed E-state index contributed by atoms with van der Waals surface area (Å²) in [5, 5.41) is 1.04. The summed E-state index contributed by atoms with van der Waals surface area (Å²) in [6.07, 6.45) is 3.69. The van der Waals surface area contributed by atoms with Crippen LogP contribution in [0.1, 0.15) is 5.56 Å². The predicted octanol–water partition coefficient (Wildman–Crippen LogP) is 4.28. The van der Waals surface area contributed by atoms with E-state index in [2.05, 4.69) is 51.3 Å². The van der Waals surface area contributed by atoms with Gasteiger partial charge in [-0.2, -0.15) is 0 Å². The Bertz CT molecular complexity index is 728. The van der Waals surface area contributed by atoms with E-state index in [9.17, 15) is 0 Å². The molecule has 0 radical (unpaired) electrons. The van der Waals surface area contributed by atoms with Crippen LogP contribution in [0, 0.1) is 0 Å². The summed E-state index contributed by atoms with van der Waals surface area (Å²) in [6, 6.07) is 18.6. The molecule has 0 atom stereocenters. The topological polar surface area (TPSA) is 29.0 Å². The van der Waals surface area contributed by atoms with Gasteiger partial charge in [-0.1, -0.05) is 42.1 Å². The SMILES string of the molecule is c1ccc(CN2c3cccnc3Sc3cccnc32)cc1. The highest BCUT2D eigenvalue weighted by Gasteiger charge is 2.25. The summed E-state index contributed by atoms with van der Waals surface area (Å²) in [5.74, 6) is 1.01. The lowest BCUT2D eigenvalue weighted by atomic mass is 10.2. The Balaban J connectivity index is 1.82. The van der Waals surface area contributed by atoms with Gasteiger partial charge in [-0.15, -0.1) is 0 Å². The lowest BCUT2D eigenvalue weighted by Gasteiger charge is -2.30. The summed E-state index contributed by atoms with van der Waals surface area (Å²) >= 11 is 1.68. The van der Waals surface area contributed by atoms with E-state index in [4.69, 9.17) is 0 Å². The van der Waals surface area contributed by atoms with Crippen molar-refractivity contribution in [2.24, 2.45) is 0 Å². The number of hydrogen-bond acceptors (Lipinski definition) is 4. The van der Waals surface area contributed by atoms with E-state index >= 15 is 0 Å². The van der Waals surface area contributed by atoms with E-state index in [0.717, 1.165) is 28.0 Å². The van der Waals surface area contributed by atoms with E-state index in [-0.39, 0.29) is 0 Å². The first-order valence-corrected chi connectivity index (χ1v) is 7.63. The molecular formula is C17H13N3S. The van der Waals surface area contributed by atoms with E-state index in [1.54, 1.807) is 11.8 Å². The zero-order valence-corrected chi connectivity index (χ0v) is 12.1. The Morgan fingerprint density at radius 2 is 1.67 bits per heavy atom. The largest absolute Gasteiger partial charge is 0.319 e. The van der Waals surface area contributed by atoms with Gasteiger partial charge in [0.2, 0.25) is 0 Å². The van der Waals surface area contributed by atoms with Crippen LogP contribution in [0.4, 0.5) is 11.5 Å². The van der Waals surface area contributed by atoms with Crippen LogP contribution in [-0.4, -0.2) is 9.97 Å². The Kier molecular flexibility index (Phi) is 3.09. The van der Waals surface area contributed by atoms with Gasteiger partial charge in [-0.3, -0.25) is 0 Å². The van der Waals surface area contributed by atoms with Gasteiger partial charge in [-0.25, -0.2) is 9.97 Å². The molecule has 0 saturated heterocycles. The molecule has 0 amide bonds. The second kappa shape index (κ2) is 5.22. The van der Waals surface area contributed by atoms with Gasteiger partial charge < -0.3 is 4.90 Å². The third-order valence-corrected chi connectivity index (χ3v) is 4.49. The highest BCUT2D eigenvalue weighted by atomic mass is 32.2. The Morgan fingerprint density at radius 3 is 2.57 bits per heavy atom. The summed E-state index contributed by atoms with van der Waals surface area (Å²) < 4.78 is 0. The Labute approximate surface area is 127 Å². The normalized spacial score (nSPS) is 12.7. The maximum absolute atomic E-state index is 4.57. The molecule has 3 heterocycles. The van der Waals surface area contributed by atoms with Gasteiger partial charge in [-0.05, 0) is 29.8 Å². The Hall–Kier alpha value is -2.33. The van der Waals surface area contributed by atoms with Gasteiger partial charge in [0.25, 0.3) is 0 Å². The minimum Gasteiger partial charge on any atom is -0.319 e. The smallest absolute Gasteiger partial charge is 0.147 e. The van der Waals surface area contributed by atoms with Crippen molar-refractivity contribution in [1.82, 2.24) is 9.97 Å². The van der Waals surface area contributed by atoms with Gasteiger partial charge in [0, 0.05) is 18.9 Å². The molecule has 0 unspecified atom stereocenters. The van der Waals surface area contributed by atoms with Crippen LogP contribution in [0.25, 0.3) is 0 Å². The van der Waals surface area contributed by atoms with Crippen molar-refractivity contribution in [3.8, 4) is 0 Å². The summed E-state index contributed by atoms with van der Waals surface area (Å²) in [7, 11) is 0. The van der Waals surface area contributed by atoms with Crippen LogP contribution < -0.4 is 4.90 Å². The van der Waals surface area contributed by atoms with Crippen molar-refractivity contribution in [3.05, 3.63) is 72.6 Å².